The number of unbranched alkanes of at least 4 members (excludes halogenated alkanes) is 17. The van der Waals surface area contributed by atoms with Crippen LogP contribution in [0.15, 0.2) is 182 Å². The van der Waals surface area contributed by atoms with E-state index in [0.29, 0.717) is 19.3 Å². The molecule has 0 fully saturated rings. The van der Waals surface area contributed by atoms with E-state index in [0.717, 1.165) is 186 Å². The highest BCUT2D eigenvalue weighted by Crippen LogP contribution is 2.14. The molecule has 0 saturated carbocycles. The smallest absolute Gasteiger partial charge is 0.306 e. The third-order valence-corrected chi connectivity index (χ3v) is 13.4. The average molecular weight is 1140 g/mol. The predicted molar refractivity (Wildman–Crippen MR) is 361 cm³/mol. The third kappa shape index (κ3) is 67.2. The van der Waals surface area contributed by atoms with Gasteiger partial charge in [-0.2, -0.15) is 0 Å². The lowest BCUT2D eigenvalue weighted by Crippen LogP contribution is -2.30. The molecule has 0 heterocycles. The topological polar surface area (TPSA) is 78.9 Å². The Hall–Kier alpha value is -5.49. The van der Waals surface area contributed by atoms with Gasteiger partial charge in [-0.3, -0.25) is 14.4 Å². The number of hydrogen-bond donors (Lipinski definition) is 0. The van der Waals surface area contributed by atoms with Crippen LogP contribution < -0.4 is 0 Å². The monoisotopic (exact) mass is 1140 g/mol. The van der Waals surface area contributed by atoms with Gasteiger partial charge in [-0.05, 0) is 154 Å². The van der Waals surface area contributed by atoms with Gasteiger partial charge in [-0.25, -0.2) is 0 Å². The Morgan fingerprint density at radius 2 is 0.470 bits per heavy atom. The summed E-state index contributed by atoms with van der Waals surface area (Å²) in [5, 5.41) is 0. The second-order valence-electron chi connectivity index (χ2n) is 21.3. The van der Waals surface area contributed by atoms with Crippen molar-refractivity contribution >= 4 is 17.9 Å². The van der Waals surface area contributed by atoms with Crippen molar-refractivity contribution < 1.29 is 28.6 Å². The molecule has 0 rings (SSSR count). The number of rotatable bonds is 58. The molecule has 0 aliphatic heterocycles. The zero-order chi connectivity index (χ0) is 59.9. The van der Waals surface area contributed by atoms with Gasteiger partial charge in [0, 0.05) is 19.3 Å². The van der Waals surface area contributed by atoms with Gasteiger partial charge in [0.05, 0.1) is 0 Å². The molecule has 1 atom stereocenters. The van der Waals surface area contributed by atoms with Crippen LogP contribution >= 0.6 is 0 Å². The molecule has 0 N–H and O–H groups in total. The molecule has 0 aliphatic carbocycles. The van der Waals surface area contributed by atoms with Crippen molar-refractivity contribution in [3.05, 3.63) is 182 Å². The first-order chi connectivity index (χ1) is 41.0. The van der Waals surface area contributed by atoms with Crippen molar-refractivity contribution in [2.75, 3.05) is 13.2 Å². The molecule has 0 aromatic carbocycles. The maximum Gasteiger partial charge on any atom is 0.306 e. The van der Waals surface area contributed by atoms with E-state index in [4.69, 9.17) is 14.2 Å². The minimum Gasteiger partial charge on any atom is -0.462 e. The van der Waals surface area contributed by atoms with Gasteiger partial charge in [0.1, 0.15) is 13.2 Å². The number of allylic oxidation sites excluding steroid dienone is 30. The Labute approximate surface area is 510 Å². The van der Waals surface area contributed by atoms with Crippen molar-refractivity contribution in [2.24, 2.45) is 0 Å². The number of ether oxygens (including phenoxy) is 3. The molecule has 0 aromatic rings. The Kier molecular flexibility index (Phi) is 64.4. The molecule has 0 bridgehead atoms. The lowest BCUT2D eigenvalue weighted by molar-refractivity contribution is -0.167. The van der Waals surface area contributed by atoms with Crippen LogP contribution in [0, 0.1) is 0 Å². The number of carbonyl (C=O) groups excluding carboxylic acids is 3. The lowest BCUT2D eigenvalue weighted by atomic mass is 10.1. The van der Waals surface area contributed by atoms with E-state index < -0.39 is 6.10 Å². The third-order valence-electron chi connectivity index (χ3n) is 13.4. The highest BCUT2D eigenvalue weighted by Gasteiger charge is 2.19. The van der Waals surface area contributed by atoms with Crippen LogP contribution in [0.25, 0.3) is 0 Å². The van der Waals surface area contributed by atoms with Gasteiger partial charge in [0.25, 0.3) is 0 Å². The number of esters is 3. The highest BCUT2D eigenvalue weighted by molar-refractivity contribution is 5.71. The van der Waals surface area contributed by atoms with Crippen LogP contribution in [0.2, 0.25) is 0 Å². The zero-order valence-corrected chi connectivity index (χ0v) is 53.1. The molecule has 6 heteroatoms. The average Bonchev–Trinajstić information content (AvgIpc) is 3.48. The van der Waals surface area contributed by atoms with Gasteiger partial charge in [-0.1, -0.05) is 274 Å². The van der Waals surface area contributed by atoms with Gasteiger partial charge < -0.3 is 14.2 Å². The van der Waals surface area contributed by atoms with Crippen molar-refractivity contribution in [3.63, 3.8) is 0 Å². The van der Waals surface area contributed by atoms with Crippen molar-refractivity contribution in [2.45, 2.75) is 271 Å². The molecule has 6 nitrogen and oxygen atoms in total. The Morgan fingerprint density at radius 3 is 0.747 bits per heavy atom. The summed E-state index contributed by atoms with van der Waals surface area (Å²) in [6, 6.07) is 0. The lowest BCUT2D eigenvalue weighted by Gasteiger charge is -2.18. The number of hydrogen-bond acceptors (Lipinski definition) is 6. The zero-order valence-electron chi connectivity index (χ0n) is 53.1. The quantitative estimate of drug-likeness (QED) is 0.0261. The molecule has 1 unspecified atom stereocenters. The molecule has 0 spiro atoms. The molecule has 0 radical (unpaired) electrons. The van der Waals surface area contributed by atoms with Gasteiger partial charge in [-0.15, -0.1) is 0 Å². The molecule has 0 aromatic heterocycles. The molecular formula is C77H120O6. The Bertz CT molecular complexity index is 1940. The maximum atomic E-state index is 12.9. The summed E-state index contributed by atoms with van der Waals surface area (Å²) in [6.07, 6.45) is 103. The van der Waals surface area contributed by atoms with Crippen LogP contribution in [0.3, 0.4) is 0 Å². The Balaban J connectivity index is 4.35. The van der Waals surface area contributed by atoms with E-state index >= 15 is 0 Å². The van der Waals surface area contributed by atoms with Crippen LogP contribution in [0.5, 0.6) is 0 Å². The van der Waals surface area contributed by atoms with Gasteiger partial charge in [0.15, 0.2) is 6.10 Å². The Morgan fingerprint density at radius 1 is 0.253 bits per heavy atom. The normalized spacial score (nSPS) is 13.3. The minimum atomic E-state index is -0.810. The first kappa shape index (κ1) is 77.5. The second-order valence-corrected chi connectivity index (χ2v) is 21.3. The molecule has 83 heavy (non-hydrogen) atoms. The molecule has 0 saturated heterocycles. The highest BCUT2D eigenvalue weighted by atomic mass is 16.6. The van der Waals surface area contributed by atoms with Crippen LogP contribution in [-0.2, 0) is 28.6 Å². The molecular weight excluding hydrogens is 1020 g/mol. The fraction of sp³-hybridized carbons (Fsp3) is 0.571. The maximum absolute atomic E-state index is 12.9. The van der Waals surface area contributed by atoms with Crippen LogP contribution in [0.4, 0.5) is 0 Å². The summed E-state index contributed by atoms with van der Waals surface area (Å²) in [5.41, 5.74) is 0. The minimum absolute atomic E-state index is 0.104. The summed E-state index contributed by atoms with van der Waals surface area (Å²) in [7, 11) is 0. The van der Waals surface area contributed by atoms with E-state index in [2.05, 4.69) is 203 Å². The summed E-state index contributed by atoms with van der Waals surface area (Å²) >= 11 is 0. The van der Waals surface area contributed by atoms with Gasteiger partial charge in [0.2, 0.25) is 0 Å². The van der Waals surface area contributed by atoms with E-state index in [1.165, 1.54) is 38.5 Å². The standard InChI is InChI=1S/C77H120O6/c1-4-7-10-13-16-19-22-24-26-28-30-31-32-33-34-35-36-37-38-39-40-41-42-43-44-45-47-48-50-52-55-58-61-64-67-70-76(79)82-73-74(72-81-75(78)69-66-63-60-57-54-21-18-15-12-9-6-3)83-77(80)71-68-65-62-59-56-53-51-49-46-29-27-25-23-20-17-14-11-8-5-2/h7-8,10-11,15-20,24-27,30-31,33-34,36-37,39-40,42-43,45-47,49-50,52,74H,4-6,9,12-14,21-23,28-29,32,35,38,41,44,48,51,53-73H2,1-3H3/b10-7-,11-8-,18-15-,19-16-,20-17-,26-24-,27-25-,31-30-,34-33-,37-36-,40-39-,43-42-,47-45-,49-46-,52-50-. The largest absolute Gasteiger partial charge is 0.462 e. The molecule has 464 valence electrons. The summed E-state index contributed by atoms with van der Waals surface area (Å²) in [4.78, 5) is 38.3. The van der Waals surface area contributed by atoms with Crippen LogP contribution in [-0.4, -0.2) is 37.2 Å². The summed E-state index contributed by atoms with van der Waals surface area (Å²) in [5.74, 6) is -0.960. The molecule has 0 amide bonds. The fourth-order valence-corrected chi connectivity index (χ4v) is 8.44. The first-order valence-electron chi connectivity index (χ1n) is 33.3. The van der Waals surface area contributed by atoms with E-state index in [1.54, 1.807) is 0 Å². The van der Waals surface area contributed by atoms with E-state index in [-0.39, 0.29) is 31.1 Å². The fourth-order valence-electron chi connectivity index (χ4n) is 8.44. The molecule has 0 aliphatic rings. The van der Waals surface area contributed by atoms with E-state index in [9.17, 15) is 14.4 Å². The second kappa shape index (κ2) is 69.0. The van der Waals surface area contributed by atoms with Crippen molar-refractivity contribution in [3.8, 4) is 0 Å². The van der Waals surface area contributed by atoms with Crippen molar-refractivity contribution in [1.82, 2.24) is 0 Å². The first-order valence-corrected chi connectivity index (χ1v) is 33.3. The van der Waals surface area contributed by atoms with Crippen LogP contribution in [0.1, 0.15) is 265 Å². The van der Waals surface area contributed by atoms with E-state index in [1.807, 2.05) is 0 Å². The van der Waals surface area contributed by atoms with Gasteiger partial charge >= 0.3 is 17.9 Å². The summed E-state index contributed by atoms with van der Waals surface area (Å²) < 4.78 is 16.9. The predicted octanol–water partition coefficient (Wildman–Crippen LogP) is 23.2. The summed E-state index contributed by atoms with van der Waals surface area (Å²) in [6.45, 7) is 6.32. The van der Waals surface area contributed by atoms with Crippen molar-refractivity contribution in [1.29, 1.82) is 0 Å². The number of carbonyl (C=O) groups is 3. The SMILES string of the molecule is CC/C=C\C/C=C\C/C=C\C/C=C\C/C=C\C/C=C\C/C=C\C/C=C\C/C=C\C/C=C\CCCCCCC(=O)OCC(COC(=O)CCCCCCC/C=C\CCCC)OC(=O)CCCCCCCC/C=C\C/C=C\C/C=C\C/C=C\CC.